The van der Waals surface area contributed by atoms with Crippen LogP contribution in [0.25, 0.3) is 0 Å². The van der Waals surface area contributed by atoms with Gasteiger partial charge in [0, 0.05) is 17.1 Å². The van der Waals surface area contributed by atoms with Crippen LogP contribution in [0.2, 0.25) is 0 Å². The van der Waals surface area contributed by atoms with E-state index in [-0.39, 0.29) is 11.9 Å². The number of ether oxygens (including phenoxy) is 1. The van der Waals surface area contributed by atoms with E-state index in [4.69, 9.17) is 4.74 Å². The van der Waals surface area contributed by atoms with Crippen molar-refractivity contribution in [1.29, 1.82) is 0 Å². The van der Waals surface area contributed by atoms with Crippen molar-refractivity contribution in [3.8, 4) is 5.75 Å². The molecular formula is C13H15BrFN3O. The molecule has 0 aliphatic heterocycles. The molecule has 0 aliphatic carbocycles. The van der Waals surface area contributed by atoms with Gasteiger partial charge in [0.1, 0.15) is 11.5 Å². The lowest BCUT2D eigenvalue weighted by molar-refractivity contribution is 0.401. The number of nitrogens with zero attached hydrogens (tertiary/aromatic N) is 2. The first-order valence-corrected chi connectivity index (χ1v) is 6.56. The smallest absolute Gasteiger partial charge is 0.161 e. The Hall–Kier alpha value is -1.40. The first-order chi connectivity index (χ1) is 9.08. The van der Waals surface area contributed by atoms with Crippen LogP contribution in [-0.4, -0.2) is 23.9 Å². The van der Waals surface area contributed by atoms with Gasteiger partial charge in [-0.2, -0.15) is 5.10 Å². The summed E-state index contributed by atoms with van der Waals surface area (Å²) in [5.74, 6) is 0.348. The molecule has 0 spiro atoms. The molecule has 0 saturated heterocycles. The molecule has 1 aromatic carbocycles. The van der Waals surface area contributed by atoms with E-state index < -0.39 is 0 Å². The molecule has 1 aromatic heterocycles. The Morgan fingerprint density at radius 2 is 2.21 bits per heavy atom. The van der Waals surface area contributed by atoms with Crippen LogP contribution in [0.4, 0.5) is 4.39 Å². The molecule has 2 rings (SSSR count). The second kappa shape index (κ2) is 5.71. The lowest BCUT2D eigenvalue weighted by Crippen LogP contribution is -2.22. The fourth-order valence-electron chi connectivity index (χ4n) is 2.09. The molecule has 6 heteroatoms. The largest absolute Gasteiger partial charge is 0.493 e. The van der Waals surface area contributed by atoms with Crippen LogP contribution < -0.4 is 10.1 Å². The minimum atomic E-state index is -0.324. The van der Waals surface area contributed by atoms with Gasteiger partial charge in [-0.25, -0.2) is 4.39 Å². The fraction of sp³-hybridized carbons (Fsp3) is 0.308. The monoisotopic (exact) mass is 327 g/mol. The van der Waals surface area contributed by atoms with Crippen LogP contribution in [0.5, 0.6) is 5.75 Å². The molecule has 0 saturated carbocycles. The predicted molar refractivity (Wildman–Crippen MR) is 74.8 cm³/mol. The Morgan fingerprint density at radius 3 is 2.79 bits per heavy atom. The summed E-state index contributed by atoms with van der Waals surface area (Å²) < 4.78 is 21.8. The van der Waals surface area contributed by atoms with Crippen LogP contribution in [-0.2, 0) is 7.05 Å². The molecule has 0 bridgehead atoms. The number of nitrogens with one attached hydrogen (secondary N) is 1. The van der Waals surface area contributed by atoms with E-state index in [9.17, 15) is 4.39 Å². The Kier molecular flexibility index (Phi) is 4.21. The minimum absolute atomic E-state index is 0.281. The summed E-state index contributed by atoms with van der Waals surface area (Å²) in [5.41, 5.74) is 1.33. The van der Waals surface area contributed by atoms with Gasteiger partial charge in [0.15, 0.2) is 5.75 Å². The number of hydrogen-bond acceptors (Lipinski definition) is 3. The van der Waals surface area contributed by atoms with Crippen LogP contribution in [0, 0.1) is 5.82 Å². The van der Waals surface area contributed by atoms with E-state index in [1.165, 1.54) is 6.07 Å². The van der Waals surface area contributed by atoms with Crippen molar-refractivity contribution in [2.75, 3.05) is 14.2 Å². The zero-order valence-electron chi connectivity index (χ0n) is 10.9. The first-order valence-electron chi connectivity index (χ1n) is 5.76. The first kappa shape index (κ1) is 14.0. The maximum Gasteiger partial charge on any atom is 0.161 e. The zero-order chi connectivity index (χ0) is 14.0. The summed E-state index contributed by atoms with van der Waals surface area (Å²) in [6, 6.07) is 4.68. The van der Waals surface area contributed by atoms with Gasteiger partial charge < -0.3 is 10.1 Å². The Bertz CT molecular complexity index is 585. The third-order valence-electron chi connectivity index (χ3n) is 3.00. The second-order valence-corrected chi connectivity index (χ2v) is 5.02. The third kappa shape index (κ3) is 2.64. The lowest BCUT2D eigenvalue weighted by atomic mass is 10.0. The van der Waals surface area contributed by atoms with Crippen LogP contribution in [0.3, 0.4) is 0 Å². The highest BCUT2D eigenvalue weighted by atomic mass is 79.9. The van der Waals surface area contributed by atoms with E-state index in [1.54, 1.807) is 38.2 Å². The zero-order valence-corrected chi connectivity index (χ0v) is 12.5. The van der Waals surface area contributed by atoms with E-state index in [2.05, 4.69) is 26.3 Å². The second-order valence-electron chi connectivity index (χ2n) is 4.11. The van der Waals surface area contributed by atoms with Crippen molar-refractivity contribution in [3.63, 3.8) is 0 Å². The highest BCUT2D eigenvalue weighted by Gasteiger charge is 2.23. The molecule has 4 nitrogen and oxygen atoms in total. The highest BCUT2D eigenvalue weighted by molar-refractivity contribution is 9.10. The van der Waals surface area contributed by atoms with Gasteiger partial charge in [-0.15, -0.1) is 0 Å². The van der Waals surface area contributed by atoms with Gasteiger partial charge >= 0.3 is 0 Å². The van der Waals surface area contributed by atoms with E-state index in [1.807, 2.05) is 6.07 Å². The topological polar surface area (TPSA) is 39.1 Å². The fourth-order valence-corrected chi connectivity index (χ4v) is 2.42. The van der Waals surface area contributed by atoms with Crippen molar-refractivity contribution in [2.45, 2.75) is 6.04 Å². The highest BCUT2D eigenvalue weighted by Crippen LogP contribution is 2.31. The molecule has 19 heavy (non-hydrogen) atoms. The van der Waals surface area contributed by atoms with Crippen LogP contribution in [0.1, 0.15) is 17.3 Å². The van der Waals surface area contributed by atoms with Crippen molar-refractivity contribution in [3.05, 3.63) is 45.9 Å². The molecule has 1 atom stereocenters. The van der Waals surface area contributed by atoms with E-state index in [0.29, 0.717) is 15.8 Å². The number of hydrogen-bond donors (Lipinski definition) is 1. The molecule has 0 radical (unpaired) electrons. The summed E-state index contributed by atoms with van der Waals surface area (Å²) in [4.78, 5) is 0. The molecule has 1 unspecified atom stereocenters. The molecule has 0 fully saturated rings. The molecular weight excluding hydrogens is 313 g/mol. The van der Waals surface area contributed by atoms with Crippen molar-refractivity contribution < 1.29 is 9.13 Å². The Labute approximate surface area is 119 Å². The SMILES string of the molecule is CNC(c1ccc(Br)cc1F)c1c(OC)cnn1C. The average Bonchev–Trinajstić information content (AvgIpc) is 2.74. The normalized spacial score (nSPS) is 12.5. The predicted octanol–water partition coefficient (Wildman–Crippen LogP) is 2.64. The minimum Gasteiger partial charge on any atom is -0.493 e. The summed E-state index contributed by atoms with van der Waals surface area (Å²) in [6.45, 7) is 0. The van der Waals surface area contributed by atoms with Gasteiger partial charge in [0.2, 0.25) is 0 Å². The van der Waals surface area contributed by atoms with Gasteiger partial charge in [-0.1, -0.05) is 22.0 Å². The third-order valence-corrected chi connectivity index (χ3v) is 3.50. The number of benzene rings is 1. The standard InChI is InChI=1S/C13H15BrFN3O/c1-16-12(9-5-4-8(14)6-10(9)15)13-11(19-3)7-17-18(13)2/h4-7,12,16H,1-3H3. The summed E-state index contributed by atoms with van der Waals surface area (Å²) >= 11 is 3.26. The summed E-state index contributed by atoms with van der Waals surface area (Å²) in [7, 11) is 5.16. The quantitative estimate of drug-likeness (QED) is 0.938. The molecule has 1 N–H and O–H groups in total. The number of halogens is 2. The number of rotatable bonds is 4. The number of aryl methyl sites for hydroxylation is 1. The molecule has 102 valence electrons. The maximum atomic E-state index is 14.1. The van der Waals surface area contributed by atoms with E-state index >= 15 is 0 Å². The van der Waals surface area contributed by atoms with Crippen molar-refractivity contribution in [2.24, 2.45) is 7.05 Å². The lowest BCUT2D eigenvalue weighted by Gasteiger charge is -2.19. The number of aromatic nitrogens is 2. The van der Waals surface area contributed by atoms with Crippen molar-refractivity contribution >= 4 is 15.9 Å². The summed E-state index contributed by atoms with van der Waals surface area (Å²) in [5, 5.41) is 7.25. The van der Waals surface area contributed by atoms with Crippen molar-refractivity contribution in [1.82, 2.24) is 15.1 Å². The van der Waals surface area contributed by atoms with Crippen LogP contribution in [0.15, 0.2) is 28.9 Å². The molecule has 0 aliphatic rings. The van der Waals surface area contributed by atoms with Gasteiger partial charge in [-0.3, -0.25) is 4.68 Å². The Morgan fingerprint density at radius 1 is 1.47 bits per heavy atom. The molecule has 0 amide bonds. The van der Waals surface area contributed by atoms with E-state index in [0.717, 1.165) is 5.69 Å². The van der Waals surface area contributed by atoms with Gasteiger partial charge in [0.05, 0.1) is 19.3 Å². The van der Waals surface area contributed by atoms with Crippen LogP contribution >= 0.6 is 15.9 Å². The van der Waals surface area contributed by atoms with Gasteiger partial charge in [-0.05, 0) is 19.2 Å². The average molecular weight is 328 g/mol. The molecule has 1 heterocycles. The summed E-state index contributed by atoms with van der Waals surface area (Å²) in [6.07, 6.45) is 1.62. The maximum absolute atomic E-state index is 14.1. The van der Waals surface area contributed by atoms with Gasteiger partial charge in [0.25, 0.3) is 0 Å². The number of methoxy groups -OCH3 is 1. The Balaban J connectivity index is 2.52. The molecule has 2 aromatic rings.